The first-order valence-electron chi connectivity index (χ1n) is 21.0. The Kier molecular flexibility index (Phi) is 7.09. The fraction of sp³-hybridized carbons (Fsp3) is 0.200. The summed E-state index contributed by atoms with van der Waals surface area (Å²) in [6.45, 7) is 14.4. The van der Waals surface area contributed by atoms with Gasteiger partial charge >= 0.3 is 0 Å². The molecule has 0 radical (unpaired) electrons. The Morgan fingerprint density at radius 3 is 2.07 bits per heavy atom. The molecule has 7 aromatic carbocycles. The molecule has 0 fully saturated rings. The van der Waals surface area contributed by atoms with E-state index >= 15 is 0 Å². The predicted octanol–water partition coefficient (Wildman–Crippen LogP) is 15.1. The van der Waals surface area contributed by atoms with Gasteiger partial charge in [-0.25, -0.2) is 9.97 Å². The molecule has 0 atom stereocenters. The zero-order valence-corrected chi connectivity index (χ0v) is 35.3. The van der Waals surface area contributed by atoms with E-state index < -0.39 is 0 Å². The molecular weight excluding hydrogens is 735 g/mol. The third-order valence-electron chi connectivity index (χ3n) is 14.1. The van der Waals surface area contributed by atoms with Gasteiger partial charge in [0.05, 0.1) is 26.9 Å². The number of hydrogen-bond donors (Lipinski definition) is 0. The van der Waals surface area contributed by atoms with Crippen molar-refractivity contribution in [2.45, 2.75) is 70.6 Å². The second-order valence-electron chi connectivity index (χ2n) is 18.8. The van der Waals surface area contributed by atoms with E-state index in [0.717, 1.165) is 43.9 Å². The van der Waals surface area contributed by atoms with E-state index in [1.807, 2.05) is 0 Å². The Balaban J connectivity index is 1.05. The van der Waals surface area contributed by atoms with Crippen molar-refractivity contribution in [3.05, 3.63) is 162 Å². The van der Waals surface area contributed by atoms with Crippen LogP contribution in [0.15, 0.2) is 140 Å². The molecule has 0 unspecified atom stereocenters. The molecule has 3 heterocycles. The van der Waals surface area contributed by atoms with Crippen LogP contribution in [0, 0.1) is 0 Å². The fourth-order valence-corrected chi connectivity index (χ4v) is 11.8. The van der Waals surface area contributed by atoms with Crippen LogP contribution in [0.25, 0.3) is 92.3 Å². The molecule has 10 aromatic rings. The highest BCUT2D eigenvalue weighted by molar-refractivity contribution is 7.26. The second-order valence-corrected chi connectivity index (χ2v) is 19.9. The third-order valence-corrected chi connectivity index (χ3v) is 15.3. The number of rotatable bonds is 3. The van der Waals surface area contributed by atoms with E-state index in [0.29, 0.717) is 0 Å². The molecule has 0 spiro atoms. The van der Waals surface area contributed by atoms with E-state index in [1.165, 1.54) is 83.5 Å². The summed E-state index contributed by atoms with van der Waals surface area (Å²) in [5, 5.41) is 6.12. The van der Waals surface area contributed by atoms with Crippen molar-refractivity contribution in [2.75, 3.05) is 0 Å². The molecule has 0 saturated heterocycles. The Hall–Kier alpha value is -6.10. The number of aromatic nitrogens is 3. The maximum absolute atomic E-state index is 5.52. The first-order valence-corrected chi connectivity index (χ1v) is 21.9. The van der Waals surface area contributed by atoms with Crippen LogP contribution in [0.5, 0.6) is 0 Å². The molecule has 2 aliphatic carbocycles. The van der Waals surface area contributed by atoms with E-state index in [-0.39, 0.29) is 16.2 Å². The van der Waals surface area contributed by atoms with Crippen molar-refractivity contribution in [1.29, 1.82) is 0 Å². The van der Waals surface area contributed by atoms with Crippen molar-refractivity contribution in [3.63, 3.8) is 0 Å². The fourth-order valence-electron chi connectivity index (χ4n) is 10.7. The summed E-state index contributed by atoms with van der Waals surface area (Å²) in [7, 11) is 0. The minimum atomic E-state index is -0.104. The number of hydrogen-bond acceptors (Lipinski definition) is 3. The largest absolute Gasteiger partial charge is 0.309 e. The van der Waals surface area contributed by atoms with Crippen LogP contribution in [0.4, 0.5) is 0 Å². The van der Waals surface area contributed by atoms with Crippen molar-refractivity contribution >= 4 is 64.2 Å². The lowest BCUT2D eigenvalue weighted by Gasteiger charge is -2.42. The predicted molar refractivity (Wildman–Crippen MR) is 250 cm³/mol. The summed E-state index contributed by atoms with van der Waals surface area (Å²) in [4.78, 5) is 10.9. The molecule has 0 amide bonds. The van der Waals surface area contributed by atoms with Gasteiger partial charge in [0, 0.05) is 43.1 Å². The SMILES string of the molecule is CC1(C)CCC(C)(C)c2cc3c(cc21)c1ccccc1n3-c1ccc2c(-c3nc(-c4ccc5c(c4)C(C)(C)c4ccccc4-5)c4sc5ccccc5c4n3)cccc2c1. The lowest BCUT2D eigenvalue weighted by Crippen LogP contribution is -2.33. The van der Waals surface area contributed by atoms with E-state index in [1.54, 1.807) is 11.3 Å². The maximum atomic E-state index is 5.52. The van der Waals surface area contributed by atoms with Gasteiger partial charge in [-0.05, 0) is 110 Å². The summed E-state index contributed by atoms with van der Waals surface area (Å²) >= 11 is 1.79. The van der Waals surface area contributed by atoms with E-state index in [9.17, 15) is 0 Å². The van der Waals surface area contributed by atoms with Crippen LogP contribution in [-0.2, 0) is 16.2 Å². The van der Waals surface area contributed by atoms with Gasteiger partial charge in [-0.1, -0.05) is 139 Å². The average Bonchev–Trinajstić information content (AvgIpc) is 3.86. The summed E-state index contributed by atoms with van der Waals surface area (Å²) in [6, 6.07) is 52.0. The molecule has 3 aromatic heterocycles. The molecule has 3 nitrogen and oxygen atoms in total. The van der Waals surface area contributed by atoms with E-state index in [2.05, 4.69) is 186 Å². The molecule has 0 aliphatic heterocycles. The van der Waals surface area contributed by atoms with Crippen LogP contribution < -0.4 is 0 Å². The molecular formula is C55H45N3S. The van der Waals surface area contributed by atoms with Gasteiger partial charge in [0.2, 0.25) is 0 Å². The van der Waals surface area contributed by atoms with Gasteiger partial charge in [-0.2, -0.15) is 0 Å². The van der Waals surface area contributed by atoms with Crippen molar-refractivity contribution in [3.8, 4) is 39.5 Å². The lowest BCUT2D eigenvalue weighted by atomic mass is 9.63. The molecule has 0 N–H and O–H groups in total. The Bertz CT molecular complexity index is 3430. The van der Waals surface area contributed by atoms with Crippen molar-refractivity contribution in [2.24, 2.45) is 0 Å². The Labute approximate surface area is 349 Å². The van der Waals surface area contributed by atoms with Gasteiger partial charge in [0.1, 0.15) is 0 Å². The summed E-state index contributed by atoms with van der Waals surface area (Å²) in [5.41, 5.74) is 16.4. The first-order chi connectivity index (χ1) is 28.5. The summed E-state index contributed by atoms with van der Waals surface area (Å²) < 4.78 is 4.84. The van der Waals surface area contributed by atoms with Gasteiger partial charge in [0.25, 0.3) is 0 Å². The molecule has 12 rings (SSSR count). The maximum Gasteiger partial charge on any atom is 0.161 e. The molecule has 2 aliphatic rings. The zero-order chi connectivity index (χ0) is 40.0. The standard InChI is InChI=1S/C55H45N3S/c1-53(2)26-27-54(3,4)45-31-47-41(30-44(45)53)38-16-8-11-20-46(38)58(47)34-23-25-35-32(28-34)14-13-18-39(35)52-56-49(51-50(57-52)40-17-9-12-21-48(40)59-51)33-22-24-37-36-15-7-10-19-42(36)55(5,6)43(37)29-33/h7-25,28-31H,26-27H2,1-6H3. The normalized spacial score (nSPS) is 16.2. The lowest BCUT2D eigenvalue weighted by molar-refractivity contribution is 0.332. The number of nitrogens with zero attached hydrogens (tertiary/aromatic N) is 3. The number of thiophene rings is 1. The van der Waals surface area contributed by atoms with Crippen LogP contribution in [0.3, 0.4) is 0 Å². The smallest absolute Gasteiger partial charge is 0.161 e. The van der Waals surface area contributed by atoms with Crippen molar-refractivity contribution < 1.29 is 0 Å². The Morgan fingerprint density at radius 2 is 1.22 bits per heavy atom. The van der Waals surface area contributed by atoms with Gasteiger partial charge in [0.15, 0.2) is 5.82 Å². The monoisotopic (exact) mass is 779 g/mol. The first kappa shape index (κ1) is 34.9. The number of benzene rings is 7. The molecule has 0 bridgehead atoms. The van der Waals surface area contributed by atoms with Crippen LogP contribution in [0.1, 0.15) is 76.6 Å². The van der Waals surface area contributed by atoms with Crippen LogP contribution in [-0.4, -0.2) is 14.5 Å². The summed E-state index contributed by atoms with van der Waals surface area (Å²) in [5.74, 6) is 0.755. The highest BCUT2D eigenvalue weighted by Gasteiger charge is 2.38. The van der Waals surface area contributed by atoms with Crippen LogP contribution in [0.2, 0.25) is 0 Å². The van der Waals surface area contributed by atoms with E-state index in [4.69, 9.17) is 9.97 Å². The minimum Gasteiger partial charge on any atom is -0.309 e. The quantitative estimate of drug-likeness (QED) is 0.179. The minimum absolute atomic E-state index is 0.104. The van der Waals surface area contributed by atoms with Gasteiger partial charge in [-0.15, -0.1) is 11.3 Å². The average molecular weight is 780 g/mol. The second kappa shape index (κ2) is 12.0. The molecule has 0 saturated carbocycles. The van der Waals surface area contributed by atoms with Crippen LogP contribution >= 0.6 is 11.3 Å². The third kappa shape index (κ3) is 4.93. The van der Waals surface area contributed by atoms with Gasteiger partial charge < -0.3 is 4.57 Å². The molecule has 286 valence electrons. The number of para-hydroxylation sites is 1. The van der Waals surface area contributed by atoms with Crippen molar-refractivity contribution in [1.82, 2.24) is 14.5 Å². The van der Waals surface area contributed by atoms with Gasteiger partial charge in [-0.3, -0.25) is 0 Å². The number of fused-ring (bicyclic) bond motifs is 11. The zero-order valence-electron chi connectivity index (χ0n) is 34.4. The molecule has 59 heavy (non-hydrogen) atoms. The molecule has 4 heteroatoms. The highest BCUT2D eigenvalue weighted by atomic mass is 32.1. The Morgan fingerprint density at radius 1 is 0.508 bits per heavy atom. The highest BCUT2D eigenvalue weighted by Crippen LogP contribution is 2.51. The topological polar surface area (TPSA) is 30.7 Å². The summed E-state index contributed by atoms with van der Waals surface area (Å²) in [6.07, 6.45) is 2.39.